The second-order valence-corrected chi connectivity index (χ2v) is 10.0. The molecule has 3 rings (SSSR count). The Kier molecular flexibility index (Phi) is 7.81. The second kappa shape index (κ2) is 10.6. The van der Waals surface area contributed by atoms with Crippen molar-refractivity contribution in [1.29, 1.82) is 0 Å². The fourth-order valence-electron chi connectivity index (χ4n) is 3.21. The molecule has 33 heavy (non-hydrogen) atoms. The molecule has 8 heteroatoms. The summed E-state index contributed by atoms with van der Waals surface area (Å²) < 4.78 is 5.31. The monoisotopic (exact) mass is 466 g/mol. The van der Waals surface area contributed by atoms with Crippen molar-refractivity contribution in [3.8, 4) is 22.4 Å². The molecular formula is C25H30N4O3S. The van der Waals surface area contributed by atoms with Gasteiger partial charge in [-0.15, -0.1) is 11.3 Å². The van der Waals surface area contributed by atoms with Crippen LogP contribution in [-0.4, -0.2) is 33.6 Å². The van der Waals surface area contributed by atoms with Crippen LogP contribution in [0.25, 0.3) is 22.4 Å². The highest BCUT2D eigenvalue weighted by Gasteiger charge is 2.26. The Morgan fingerprint density at radius 3 is 2.42 bits per heavy atom. The van der Waals surface area contributed by atoms with Crippen LogP contribution in [0.15, 0.2) is 54.2 Å². The van der Waals surface area contributed by atoms with Crippen molar-refractivity contribution in [2.24, 2.45) is 5.92 Å². The molecule has 0 fully saturated rings. The molecule has 0 spiro atoms. The lowest BCUT2D eigenvalue weighted by Crippen LogP contribution is -2.46. The second-order valence-electron chi connectivity index (χ2n) is 9.17. The third kappa shape index (κ3) is 7.39. The number of carbonyl (C=O) groups is 2. The van der Waals surface area contributed by atoms with E-state index in [9.17, 15) is 9.59 Å². The van der Waals surface area contributed by atoms with Gasteiger partial charge in [0.05, 0.1) is 5.69 Å². The summed E-state index contributed by atoms with van der Waals surface area (Å²) in [7, 11) is 0. The number of pyridine rings is 1. The van der Waals surface area contributed by atoms with Crippen LogP contribution in [0.2, 0.25) is 0 Å². The Labute approximate surface area is 198 Å². The molecule has 0 aliphatic rings. The van der Waals surface area contributed by atoms with E-state index in [2.05, 4.69) is 26.7 Å². The Hall–Kier alpha value is -3.26. The smallest absolute Gasteiger partial charge is 0.408 e. The first-order chi connectivity index (χ1) is 15.6. The number of rotatable bonds is 7. The van der Waals surface area contributed by atoms with E-state index in [0.29, 0.717) is 11.6 Å². The van der Waals surface area contributed by atoms with Crippen molar-refractivity contribution in [2.45, 2.75) is 52.7 Å². The average Bonchev–Trinajstić information content (AvgIpc) is 3.21. The Bertz CT molecular complexity index is 1090. The van der Waals surface area contributed by atoms with Gasteiger partial charge in [0.25, 0.3) is 0 Å². The summed E-state index contributed by atoms with van der Waals surface area (Å²) in [5, 5.41) is 7.91. The number of alkyl carbamates (subject to hydrolysis) is 1. The normalized spacial score (nSPS) is 12.3. The zero-order chi connectivity index (χ0) is 24.0. The zero-order valence-electron chi connectivity index (χ0n) is 19.6. The summed E-state index contributed by atoms with van der Waals surface area (Å²) in [6.07, 6.45) is 3.39. The standard InChI is InChI=1S/C25H30N4O3S/c1-16(2)13-20(28-24(31)32-25(3,4)5)22(30)29-23-27-21(15-33-23)19-8-6-7-18(14-19)17-9-11-26-12-10-17/h6-12,14-16,20H,13H2,1-5H3,(H,28,31)(H,27,29,30)/t20-/m0/s1. The SMILES string of the molecule is CC(C)C[C@H](NC(=O)OC(C)(C)C)C(=O)Nc1nc(-c2cccc(-c3ccncc3)c2)cs1. The molecule has 0 aliphatic carbocycles. The number of hydrogen-bond acceptors (Lipinski definition) is 6. The van der Waals surface area contributed by atoms with Gasteiger partial charge in [-0.1, -0.05) is 32.0 Å². The van der Waals surface area contributed by atoms with Gasteiger partial charge >= 0.3 is 6.09 Å². The zero-order valence-corrected chi connectivity index (χ0v) is 20.4. The maximum absolute atomic E-state index is 12.9. The maximum atomic E-state index is 12.9. The predicted octanol–water partition coefficient (Wildman–Crippen LogP) is 5.75. The molecule has 2 N–H and O–H groups in total. The molecule has 0 radical (unpaired) electrons. The number of thiazole rings is 1. The van der Waals surface area contributed by atoms with E-state index >= 15 is 0 Å². The molecule has 2 heterocycles. The lowest BCUT2D eigenvalue weighted by Gasteiger charge is -2.23. The first kappa shape index (κ1) is 24.4. The van der Waals surface area contributed by atoms with Gasteiger partial charge in [-0.2, -0.15) is 0 Å². The number of carbonyl (C=O) groups excluding carboxylic acids is 2. The van der Waals surface area contributed by atoms with Gasteiger partial charge in [0, 0.05) is 23.3 Å². The average molecular weight is 467 g/mol. The van der Waals surface area contributed by atoms with E-state index in [1.807, 2.05) is 49.6 Å². The lowest BCUT2D eigenvalue weighted by molar-refractivity contribution is -0.118. The van der Waals surface area contributed by atoms with Gasteiger partial charge < -0.3 is 15.4 Å². The van der Waals surface area contributed by atoms with Crippen LogP contribution in [0.5, 0.6) is 0 Å². The molecular weight excluding hydrogens is 436 g/mol. The van der Waals surface area contributed by atoms with Crippen molar-refractivity contribution < 1.29 is 14.3 Å². The third-order valence-electron chi connectivity index (χ3n) is 4.62. The Balaban J connectivity index is 1.72. The van der Waals surface area contributed by atoms with Crippen molar-refractivity contribution in [1.82, 2.24) is 15.3 Å². The molecule has 0 saturated carbocycles. The topological polar surface area (TPSA) is 93.2 Å². The predicted molar refractivity (Wildman–Crippen MR) is 132 cm³/mol. The molecule has 2 aromatic heterocycles. The van der Waals surface area contributed by atoms with Crippen LogP contribution in [0.3, 0.4) is 0 Å². The summed E-state index contributed by atoms with van der Waals surface area (Å²) in [4.78, 5) is 33.8. The van der Waals surface area contributed by atoms with Crippen molar-refractivity contribution in [2.75, 3.05) is 5.32 Å². The van der Waals surface area contributed by atoms with E-state index in [0.717, 1.165) is 22.4 Å². The van der Waals surface area contributed by atoms with E-state index in [1.54, 1.807) is 33.2 Å². The minimum Gasteiger partial charge on any atom is -0.444 e. The molecule has 0 aliphatic heterocycles. The number of benzene rings is 1. The number of amides is 2. The first-order valence-electron chi connectivity index (χ1n) is 10.9. The van der Waals surface area contributed by atoms with Crippen LogP contribution in [-0.2, 0) is 9.53 Å². The molecule has 1 atom stereocenters. The molecule has 0 saturated heterocycles. The fraction of sp³-hybridized carbons (Fsp3) is 0.360. The quantitative estimate of drug-likeness (QED) is 0.462. The van der Waals surface area contributed by atoms with Crippen molar-refractivity contribution in [3.05, 3.63) is 54.2 Å². The minimum absolute atomic E-state index is 0.207. The highest BCUT2D eigenvalue weighted by molar-refractivity contribution is 7.14. The van der Waals surface area contributed by atoms with Crippen LogP contribution in [0, 0.1) is 5.92 Å². The van der Waals surface area contributed by atoms with Crippen molar-refractivity contribution >= 4 is 28.5 Å². The fourth-order valence-corrected chi connectivity index (χ4v) is 3.93. The number of ether oxygens (including phenoxy) is 1. The number of aromatic nitrogens is 2. The minimum atomic E-state index is -0.720. The number of nitrogens with one attached hydrogen (secondary N) is 2. The third-order valence-corrected chi connectivity index (χ3v) is 5.38. The summed E-state index contributed by atoms with van der Waals surface area (Å²) in [6, 6.07) is 11.2. The summed E-state index contributed by atoms with van der Waals surface area (Å²) in [6.45, 7) is 9.34. The van der Waals surface area contributed by atoms with E-state index in [4.69, 9.17) is 4.74 Å². The van der Waals surface area contributed by atoms with Crippen molar-refractivity contribution in [3.63, 3.8) is 0 Å². The first-order valence-corrected chi connectivity index (χ1v) is 11.8. The highest BCUT2D eigenvalue weighted by Crippen LogP contribution is 2.29. The molecule has 0 unspecified atom stereocenters. The lowest BCUT2D eigenvalue weighted by atomic mass is 10.0. The Morgan fingerprint density at radius 2 is 1.76 bits per heavy atom. The molecule has 174 valence electrons. The van der Waals surface area contributed by atoms with Gasteiger partial charge in [-0.3, -0.25) is 9.78 Å². The van der Waals surface area contributed by atoms with E-state index < -0.39 is 17.7 Å². The summed E-state index contributed by atoms with van der Waals surface area (Å²) >= 11 is 1.34. The van der Waals surface area contributed by atoms with Gasteiger partial charge in [0.2, 0.25) is 5.91 Å². The number of hydrogen-bond donors (Lipinski definition) is 2. The van der Waals surface area contributed by atoms with Gasteiger partial charge in [0.1, 0.15) is 11.6 Å². The van der Waals surface area contributed by atoms with Crippen LogP contribution < -0.4 is 10.6 Å². The number of nitrogens with zero attached hydrogens (tertiary/aromatic N) is 2. The van der Waals surface area contributed by atoms with Crippen LogP contribution >= 0.6 is 11.3 Å². The molecule has 1 aromatic carbocycles. The van der Waals surface area contributed by atoms with E-state index in [-0.39, 0.29) is 11.8 Å². The molecule has 3 aromatic rings. The van der Waals surface area contributed by atoms with Gasteiger partial charge in [-0.05, 0) is 62.4 Å². The van der Waals surface area contributed by atoms with E-state index in [1.165, 1.54) is 11.3 Å². The summed E-state index contributed by atoms with van der Waals surface area (Å²) in [5.41, 5.74) is 3.21. The molecule has 2 amide bonds. The van der Waals surface area contributed by atoms with Crippen LogP contribution in [0.4, 0.5) is 9.93 Å². The van der Waals surface area contributed by atoms with Gasteiger partial charge in [-0.25, -0.2) is 9.78 Å². The van der Waals surface area contributed by atoms with Gasteiger partial charge in [0.15, 0.2) is 5.13 Å². The summed E-state index contributed by atoms with van der Waals surface area (Å²) in [5.74, 6) is -0.112. The highest BCUT2D eigenvalue weighted by atomic mass is 32.1. The van der Waals surface area contributed by atoms with Crippen LogP contribution in [0.1, 0.15) is 41.0 Å². The molecule has 7 nitrogen and oxygen atoms in total. The largest absolute Gasteiger partial charge is 0.444 e. The Morgan fingerprint density at radius 1 is 1.06 bits per heavy atom. The number of anilines is 1. The molecule has 0 bridgehead atoms. The maximum Gasteiger partial charge on any atom is 0.408 e.